The predicted molar refractivity (Wildman–Crippen MR) is 54.8 cm³/mol. The molecular weight excluding hydrogens is 176 g/mol. The van der Waals surface area contributed by atoms with E-state index in [0.29, 0.717) is 5.41 Å². The van der Waals surface area contributed by atoms with Gasteiger partial charge < -0.3 is 4.74 Å². The molecule has 0 aliphatic heterocycles. The molecule has 2 saturated carbocycles. The number of rotatable bonds is 1. The van der Waals surface area contributed by atoms with Crippen molar-refractivity contribution in [3.8, 4) is 0 Å². The van der Waals surface area contributed by atoms with E-state index in [1.54, 1.807) is 0 Å². The highest BCUT2D eigenvalue weighted by atomic mass is 16.5. The number of carbonyl (C=O) groups is 1. The molecule has 2 aliphatic carbocycles. The third-order valence-electron chi connectivity index (χ3n) is 5.02. The molecule has 2 nitrogen and oxygen atoms in total. The summed E-state index contributed by atoms with van der Waals surface area (Å²) in [6.45, 7) is 8.46. The maximum Gasteiger partial charge on any atom is 0.302 e. The third-order valence-corrected chi connectivity index (χ3v) is 5.02. The van der Waals surface area contributed by atoms with Gasteiger partial charge in [0.25, 0.3) is 0 Å². The van der Waals surface area contributed by atoms with Crippen LogP contribution in [0, 0.1) is 16.7 Å². The number of hydrogen-bond donors (Lipinski definition) is 0. The summed E-state index contributed by atoms with van der Waals surface area (Å²) in [7, 11) is 0. The second kappa shape index (κ2) is 2.74. The molecule has 14 heavy (non-hydrogen) atoms. The van der Waals surface area contributed by atoms with E-state index in [9.17, 15) is 4.79 Å². The van der Waals surface area contributed by atoms with Gasteiger partial charge in [0.05, 0.1) is 0 Å². The fourth-order valence-corrected chi connectivity index (χ4v) is 3.51. The number of esters is 1. The summed E-state index contributed by atoms with van der Waals surface area (Å²) in [5.41, 5.74) is 0.552. The molecule has 2 heteroatoms. The molecule has 0 amide bonds. The lowest BCUT2D eigenvalue weighted by Crippen LogP contribution is -2.37. The summed E-state index contributed by atoms with van der Waals surface area (Å²) in [5.74, 6) is 0.622. The molecule has 2 bridgehead atoms. The van der Waals surface area contributed by atoms with Crippen LogP contribution in [0.3, 0.4) is 0 Å². The summed E-state index contributed by atoms with van der Waals surface area (Å²) in [6, 6.07) is 0. The van der Waals surface area contributed by atoms with Crippen LogP contribution in [-0.4, -0.2) is 12.1 Å². The first-order valence-electron chi connectivity index (χ1n) is 5.55. The van der Waals surface area contributed by atoms with Crippen LogP contribution >= 0.6 is 0 Å². The first-order chi connectivity index (χ1) is 6.38. The molecule has 2 rings (SSSR count). The summed E-state index contributed by atoms with van der Waals surface area (Å²) in [5, 5.41) is 0. The first kappa shape index (κ1) is 10.0. The molecular formula is C12H20O2. The molecule has 2 aliphatic rings. The van der Waals surface area contributed by atoms with Crippen LogP contribution in [0.15, 0.2) is 0 Å². The Kier molecular flexibility index (Phi) is 1.96. The Morgan fingerprint density at radius 2 is 2.00 bits per heavy atom. The molecule has 0 aromatic carbocycles. The maximum atomic E-state index is 11.0. The minimum atomic E-state index is -0.125. The lowest BCUT2D eigenvalue weighted by atomic mass is 9.70. The van der Waals surface area contributed by atoms with Gasteiger partial charge in [0.15, 0.2) is 0 Å². The highest BCUT2D eigenvalue weighted by Crippen LogP contribution is 2.66. The second-order valence-corrected chi connectivity index (χ2v) is 5.71. The normalized spacial score (nSPS) is 44.0. The van der Waals surface area contributed by atoms with Crippen molar-refractivity contribution in [1.29, 1.82) is 0 Å². The Labute approximate surface area is 86.0 Å². The summed E-state index contributed by atoms with van der Waals surface area (Å²) in [4.78, 5) is 11.0. The maximum absolute atomic E-state index is 11.0. The van der Waals surface area contributed by atoms with E-state index in [-0.39, 0.29) is 17.5 Å². The smallest absolute Gasteiger partial charge is 0.302 e. The van der Waals surface area contributed by atoms with E-state index >= 15 is 0 Å². The van der Waals surface area contributed by atoms with Crippen molar-refractivity contribution in [1.82, 2.24) is 0 Å². The molecule has 0 spiro atoms. The van der Waals surface area contributed by atoms with Crippen LogP contribution in [0.4, 0.5) is 0 Å². The standard InChI is InChI=1S/C12H20O2/c1-8(13)14-10-7-9-5-6-12(10,4)11(9,2)3/h9-10H,5-7H2,1-4H3/t9-,10?,12-/m1/s1. The van der Waals surface area contributed by atoms with Crippen LogP contribution in [0.1, 0.15) is 47.0 Å². The minimum Gasteiger partial charge on any atom is -0.462 e. The summed E-state index contributed by atoms with van der Waals surface area (Å²) < 4.78 is 5.44. The summed E-state index contributed by atoms with van der Waals surface area (Å²) in [6.07, 6.45) is 3.75. The molecule has 3 atom stereocenters. The van der Waals surface area contributed by atoms with Gasteiger partial charge in [-0.15, -0.1) is 0 Å². The minimum absolute atomic E-state index is 0.125. The molecule has 0 saturated heterocycles. The van der Waals surface area contributed by atoms with Crippen molar-refractivity contribution in [3.05, 3.63) is 0 Å². The lowest BCUT2D eigenvalue weighted by Gasteiger charge is -2.38. The zero-order chi connectivity index (χ0) is 10.6. The van der Waals surface area contributed by atoms with Gasteiger partial charge in [-0.3, -0.25) is 4.79 Å². The van der Waals surface area contributed by atoms with Crippen LogP contribution < -0.4 is 0 Å². The van der Waals surface area contributed by atoms with Crippen molar-refractivity contribution >= 4 is 5.97 Å². The van der Waals surface area contributed by atoms with Crippen LogP contribution in [0.25, 0.3) is 0 Å². The molecule has 0 heterocycles. The lowest BCUT2D eigenvalue weighted by molar-refractivity contribution is -0.154. The van der Waals surface area contributed by atoms with E-state index in [1.165, 1.54) is 19.8 Å². The Balaban J connectivity index is 2.23. The van der Waals surface area contributed by atoms with Gasteiger partial charge in [-0.25, -0.2) is 0 Å². The molecule has 0 aromatic rings. The highest BCUT2D eigenvalue weighted by molar-refractivity contribution is 5.66. The SMILES string of the molecule is CC(=O)OC1C[C@H]2CC[C@@]1(C)C2(C)C. The average molecular weight is 196 g/mol. The third kappa shape index (κ3) is 1.06. The first-order valence-corrected chi connectivity index (χ1v) is 5.55. The van der Waals surface area contributed by atoms with E-state index in [4.69, 9.17) is 4.74 Å². The van der Waals surface area contributed by atoms with Gasteiger partial charge in [0.2, 0.25) is 0 Å². The fraction of sp³-hybridized carbons (Fsp3) is 0.917. The predicted octanol–water partition coefficient (Wildman–Crippen LogP) is 2.76. The van der Waals surface area contributed by atoms with Crippen molar-refractivity contribution in [2.24, 2.45) is 16.7 Å². The van der Waals surface area contributed by atoms with E-state index in [0.717, 1.165) is 12.3 Å². The Hall–Kier alpha value is -0.530. The van der Waals surface area contributed by atoms with Gasteiger partial charge in [0.1, 0.15) is 6.10 Å². The molecule has 80 valence electrons. The number of fused-ring (bicyclic) bond motifs is 2. The molecule has 0 N–H and O–H groups in total. The Morgan fingerprint density at radius 3 is 2.36 bits per heavy atom. The fourth-order valence-electron chi connectivity index (χ4n) is 3.51. The molecule has 0 aromatic heterocycles. The second-order valence-electron chi connectivity index (χ2n) is 5.71. The zero-order valence-electron chi connectivity index (χ0n) is 9.59. The average Bonchev–Trinajstić information content (AvgIpc) is 2.35. The van der Waals surface area contributed by atoms with E-state index in [1.807, 2.05) is 0 Å². The molecule has 0 radical (unpaired) electrons. The van der Waals surface area contributed by atoms with Crippen molar-refractivity contribution in [3.63, 3.8) is 0 Å². The topological polar surface area (TPSA) is 26.3 Å². The number of hydrogen-bond acceptors (Lipinski definition) is 2. The Morgan fingerprint density at radius 1 is 1.36 bits per heavy atom. The van der Waals surface area contributed by atoms with Crippen molar-refractivity contribution < 1.29 is 9.53 Å². The van der Waals surface area contributed by atoms with Gasteiger partial charge in [0, 0.05) is 12.3 Å². The van der Waals surface area contributed by atoms with Crippen LogP contribution in [0.5, 0.6) is 0 Å². The highest BCUT2D eigenvalue weighted by Gasteiger charge is 2.62. The van der Waals surface area contributed by atoms with Crippen LogP contribution in [0.2, 0.25) is 0 Å². The van der Waals surface area contributed by atoms with E-state index < -0.39 is 0 Å². The monoisotopic (exact) mass is 196 g/mol. The number of ether oxygens (including phenoxy) is 1. The molecule has 2 fully saturated rings. The Bertz CT molecular complexity index is 269. The van der Waals surface area contributed by atoms with Gasteiger partial charge >= 0.3 is 5.97 Å². The molecule has 1 unspecified atom stereocenters. The van der Waals surface area contributed by atoms with Crippen LogP contribution in [-0.2, 0) is 9.53 Å². The number of carbonyl (C=O) groups excluding carboxylic acids is 1. The van der Waals surface area contributed by atoms with Gasteiger partial charge in [-0.2, -0.15) is 0 Å². The van der Waals surface area contributed by atoms with Crippen molar-refractivity contribution in [2.75, 3.05) is 0 Å². The zero-order valence-corrected chi connectivity index (χ0v) is 9.59. The van der Waals surface area contributed by atoms with Crippen molar-refractivity contribution in [2.45, 2.75) is 53.1 Å². The quantitative estimate of drug-likeness (QED) is 0.603. The van der Waals surface area contributed by atoms with E-state index in [2.05, 4.69) is 20.8 Å². The van der Waals surface area contributed by atoms with Gasteiger partial charge in [-0.1, -0.05) is 20.8 Å². The largest absolute Gasteiger partial charge is 0.462 e. The summed E-state index contributed by atoms with van der Waals surface area (Å²) >= 11 is 0. The van der Waals surface area contributed by atoms with Gasteiger partial charge in [-0.05, 0) is 30.6 Å².